The summed E-state index contributed by atoms with van der Waals surface area (Å²) in [6, 6.07) is 1.19. The third kappa shape index (κ3) is 2.74. The smallest absolute Gasteiger partial charge is 0.388 e. The monoisotopic (exact) mass is 254 g/mol. The third-order valence-corrected chi connectivity index (χ3v) is 2.37. The van der Waals surface area contributed by atoms with Crippen molar-refractivity contribution < 1.29 is 27.1 Å². The minimum Gasteiger partial charge on any atom is -0.388 e. The quantitative estimate of drug-likeness (QED) is 0.798. The largest absolute Gasteiger partial charge is 0.419 e. The fourth-order valence-corrected chi connectivity index (χ4v) is 1.37. The number of rotatable bonds is 2. The molecule has 1 aromatic carbocycles. The molecule has 1 rings (SSSR count). The van der Waals surface area contributed by atoms with Crippen molar-refractivity contribution in [1.29, 1.82) is 0 Å². The number of benzene rings is 1. The number of aliphatic hydroxyl groups excluding tert-OH is 1. The molecule has 0 aliphatic heterocycles. The average Bonchev–Trinajstić information content (AvgIpc) is 2.19. The van der Waals surface area contributed by atoms with E-state index in [0.29, 0.717) is 6.07 Å². The first kappa shape index (κ1) is 13.9. The summed E-state index contributed by atoms with van der Waals surface area (Å²) in [7, 11) is 0. The molecule has 0 saturated carbocycles. The zero-order valence-electron chi connectivity index (χ0n) is 9.15. The van der Waals surface area contributed by atoms with Gasteiger partial charge in [0, 0.05) is 5.56 Å². The summed E-state index contributed by atoms with van der Waals surface area (Å²) >= 11 is 0. The Balaban J connectivity index is 3.29. The van der Waals surface area contributed by atoms with Gasteiger partial charge in [0.05, 0.1) is 11.7 Å². The fourth-order valence-electron chi connectivity index (χ4n) is 1.37. The lowest BCUT2D eigenvalue weighted by molar-refractivity contribution is -0.140. The lowest BCUT2D eigenvalue weighted by Gasteiger charge is -2.17. The summed E-state index contributed by atoms with van der Waals surface area (Å²) in [5.74, 6) is -4.06. The topological polar surface area (TPSA) is 20.2 Å². The molecule has 0 aromatic heterocycles. The lowest BCUT2D eigenvalue weighted by Crippen LogP contribution is -2.14. The molecule has 0 radical (unpaired) electrons. The van der Waals surface area contributed by atoms with Crippen LogP contribution in [0.3, 0.4) is 0 Å². The molecule has 1 unspecified atom stereocenters. The number of aliphatic hydroxyl groups is 1. The molecule has 96 valence electrons. The molecule has 0 saturated heterocycles. The maximum absolute atomic E-state index is 13.4. The molecule has 0 heterocycles. The Bertz CT molecular complexity index is 411. The summed E-state index contributed by atoms with van der Waals surface area (Å²) in [6.07, 6.45) is -6.29. The first-order valence-corrected chi connectivity index (χ1v) is 4.89. The Kier molecular flexibility index (Phi) is 3.76. The maximum atomic E-state index is 13.4. The SMILES string of the molecule is CC(C)C(O)c1ccc(C(F)(F)F)c(F)c1F. The van der Waals surface area contributed by atoms with E-state index in [-0.39, 0.29) is 0 Å². The van der Waals surface area contributed by atoms with Gasteiger partial charge in [0.1, 0.15) is 0 Å². The van der Waals surface area contributed by atoms with Crippen LogP contribution in [-0.4, -0.2) is 5.11 Å². The lowest BCUT2D eigenvalue weighted by atomic mass is 9.97. The second-order valence-corrected chi connectivity index (χ2v) is 4.02. The zero-order chi connectivity index (χ0) is 13.4. The van der Waals surface area contributed by atoms with Crippen LogP contribution in [0.5, 0.6) is 0 Å². The van der Waals surface area contributed by atoms with E-state index in [9.17, 15) is 27.1 Å². The van der Waals surface area contributed by atoms with E-state index in [4.69, 9.17) is 0 Å². The van der Waals surface area contributed by atoms with Crippen LogP contribution in [0.1, 0.15) is 31.1 Å². The van der Waals surface area contributed by atoms with Crippen LogP contribution >= 0.6 is 0 Å². The van der Waals surface area contributed by atoms with Gasteiger partial charge in [0.15, 0.2) is 11.6 Å². The Morgan fingerprint density at radius 2 is 1.59 bits per heavy atom. The molecule has 0 spiro atoms. The number of halogens is 5. The molecule has 0 aliphatic rings. The van der Waals surface area contributed by atoms with E-state index >= 15 is 0 Å². The van der Waals surface area contributed by atoms with Gasteiger partial charge in [0.25, 0.3) is 0 Å². The number of alkyl halides is 3. The van der Waals surface area contributed by atoms with Gasteiger partial charge in [-0.25, -0.2) is 8.78 Å². The minimum absolute atomic E-state index is 0.430. The highest BCUT2D eigenvalue weighted by Gasteiger charge is 2.36. The van der Waals surface area contributed by atoms with Gasteiger partial charge in [-0.05, 0) is 12.0 Å². The summed E-state index contributed by atoms with van der Waals surface area (Å²) in [5.41, 5.74) is -2.14. The zero-order valence-corrected chi connectivity index (χ0v) is 9.15. The fraction of sp³-hybridized carbons (Fsp3) is 0.455. The predicted molar refractivity (Wildman–Crippen MR) is 51.2 cm³/mol. The summed E-state index contributed by atoms with van der Waals surface area (Å²) in [4.78, 5) is 0. The average molecular weight is 254 g/mol. The minimum atomic E-state index is -4.95. The van der Waals surface area contributed by atoms with Gasteiger partial charge in [0.2, 0.25) is 0 Å². The molecule has 0 amide bonds. The molecular weight excluding hydrogens is 243 g/mol. The first-order valence-electron chi connectivity index (χ1n) is 4.89. The van der Waals surface area contributed by atoms with Crippen molar-refractivity contribution in [3.63, 3.8) is 0 Å². The van der Waals surface area contributed by atoms with Crippen LogP contribution < -0.4 is 0 Å². The summed E-state index contributed by atoms with van der Waals surface area (Å²) in [5, 5.41) is 9.51. The van der Waals surface area contributed by atoms with Gasteiger partial charge in [-0.1, -0.05) is 19.9 Å². The van der Waals surface area contributed by atoms with E-state index in [0.717, 1.165) is 6.07 Å². The van der Waals surface area contributed by atoms with Gasteiger partial charge in [-0.2, -0.15) is 13.2 Å². The second-order valence-electron chi connectivity index (χ2n) is 4.02. The van der Waals surface area contributed by atoms with E-state index in [1.54, 1.807) is 13.8 Å². The van der Waals surface area contributed by atoms with Crippen molar-refractivity contribution in [2.45, 2.75) is 26.1 Å². The highest BCUT2D eigenvalue weighted by atomic mass is 19.4. The van der Waals surface area contributed by atoms with Crippen molar-refractivity contribution in [2.24, 2.45) is 5.92 Å². The molecule has 0 fully saturated rings. The molecule has 17 heavy (non-hydrogen) atoms. The van der Waals surface area contributed by atoms with Crippen LogP contribution in [0.25, 0.3) is 0 Å². The van der Waals surface area contributed by atoms with Gasteiger partial charge >= 0.3 is 6.18 Å². The van der Waals surface area contributed by atoms with Crippen LogP contribution in [-0.2, 0) is 6.18 Å². The molecular formula is C11H11F5O. The Morgan fingerprint density at radius 1 is 1.06 bits per heavy atom. The van der Waals surface area contributed by atoms with Gasteiger partial charge in [-0.15, -0.1) is 0 Å². The highest BCUT2D eigenvalue weighted by Crippen LogP contribution is 2.35. The molecule has 1 N–H and O–H groups in total. The van der Waals surface area contributed by atoms with E-state index < -0.39 is 41.0 Å². The van der Waals surface area contributed by atoms with Gasteiger partial charge in [-0.3, -0.25) is 0 Å². The molecule has 1 nitrogen and oxygen atoms in total. The molecule has 6 heteroatoms. The highest BCUT2D eigenvalue weighted by molar-refractivity contribution is 5.29. The molecule has 0 bridgehead atoms. The molecule has 1 atom stereocenters. The predicted octanol–water partition coefficient (Wildman–Crippen LogP) is 3.67. The van der Waals surface area contributed by atoms with E-state index in [1.165, 1.54) is 0 Å². The van der Waals surface area contributed by atoms with Crippen molar-refractivity contribution in [3.05, 3.63) is 34.9 Å². The first-order chi connectivity index (χ1) is 7.66. The molecule has 0 aliphatic carbocycles. The van der Waals surface area contributed by atoms with Crippen LogP contribution in [0.15, 0.2) is 12.1 Å². The van der Waals surface area contributed by atoms with Crippen molar-refractivity contribution >= 4 is 0 Å². The van der Waals surface area contributed by atoms with Gasteiger partial charge < -0.3 is 5.11 Å². The summed E-state index contributed by atoms with van der Waals surface area (Å²) < 4.78 is 63.3. The number of hydrogen-bond acceptors (Lipinski definition) is 1. The van der Waals surface area contributed by atoms with Crippen LogP contribution in [0.4, 0.5) is 22.0 Å². The number of hydrogen-bond donors (Lipinski definition) is 1. The third-order valence-electron chi connectivity index (χ3n) is 2.37. The standard InChI is InChI=1S/C11H11F5O/c1-5(2)10(17)6-3-4-7(11(14,15)16)9(13)8(6)12/h3-5,10,17H,1-2H3. The van der Waals surface area contributed by atoms with Crippen molar-refractivity contribution in [3.8, 4) is 0 Å². The van der Waals surface area contributed by atoms with Crippen molar-refractivity contribution in [2.75, 3.05) is 0 Å². The Morgan fingerprint density at radius 3 is 2.00 bits per heavy atom. The van der Waals surface area contributed by atoms with E-state index in [2.05, 4.69) is 0 Å². The van der Waals surface area contributed by atoms with Crippen LogP contribution in [0.2, 0.25) is 0 Å². The normalized spacial score (nSPS) is 14.2. The second kappa shape index (κ2) is 4.60. The Labute approximate surface area is 94.9 Å². The van der Waals surface area contributed by atoms with Crippen LogP contribution in [0, 0.1) is 17.6 Å². The van der Waals surface area contributed by atoms with E-state index in [1.807, 2.05) is 0 Å². The van der Waals surface area contributed by atoms with Crippen molar-refractivity contribution in [1.82, 2.24) is 0 Å². The maximum Gasteiger partial charge on any atom is 0.419 e. The molecule has 1 aromatic rings. The summed E-state index contributed by atoms with van der Waals surface area (Å²) in [6.45, 7) is 3.08. The Hall–Kier alpha value is -1.17.